The third kappa shape index (κ3) is 2.80. The Morgan fingerprint density at radius 1 is 1.27 bits per heavy atom. The first-order valence-electron chi connectivity index (χ1n) is 7.30. The van der Waals surface area contributed by atoms with E-state index in [-0.39, 0.29) is 0 Å². The zero-order valence-corrected chi connectivity index (χ0v) is 13.6. The van der Waals surface area contributed by atoms with Crippen molar-refractivity contribution in [3.05, 3.63) is 28.5 Å². The lowest BCUT2D eigenvalue weighted by molar-refractivity contribution is 0.391. The third-order valence-corrected chi connectivity index (χ3v) is 5.28. The summed E-state index contributed by atoms with van der Waals surface area (Å²) >= 11 is 3.23. The summed E-state index contributed by atoms with van der Waals surface area (Å²) in [4.78, 5) is 4.43. The SMILES string of the molecule is c1cc(-c2noc(CSc3nnc4n3CCCCC4)n2)cs1. The normalized spacial score (nSPS) is 14.7. The fraction of sp³-hybridized carbons (Fsp3) is 0.429. The second kappa shape index (κ2) is 6.21. The third-order valence-electron chi connectivity index (χ3n) is 3.65. The number of aryl methyl sites for hydroxylation is 1. The highest BCUT2D eigenvalue weighted by Gasteiger charge is 2.16. The summed E-state index contributed by atoms with van der Waals surface area (Å²) in [5.41, 5.74) is 1.00. The maximum Gasteiger partial charge on any atom is 0.237 e. The molecule has 0 fully saturated rings. The van der Waals surface area contributed by atoms with E-state index in [4.69, 9.17) is 4.52 Å². The van der Waals surface area contributed by atoms with Crippen LogP contribution in [0.4, 0.5) is 0 Å². The standard InChI is InChI=1S/C14H15N5OS2/c1-2-4-11-16-17-14(19(11)6-3-1)22-9-12-15-13(18-20-12)10-5-7-21-8-10/h5,7-8H,1-4,6,9H2. The Morgan fingerprint density at radius 3 is 3.18 bits per heavy atom. The lowest BCUT2D eigenvalue weighted by atomic mass is 10.2. The minimum atomic E-state index is 0.620. The average molecular weight is 333 g/mol. The first-order chi connectivity index (χ1) is 10.9. The van der Waals surface area contributed by atoms with Crippen LogP contribution in [0.1, 0.15) is 31.0 Å². The van der Waals surface area contributed by atoms with Crippen molar-refractivity contribution in [3.63, 3.8) is 0 Å². The molecular weight excluding hydrogens is 318 g/mol. The van der Waals surface area contributed by atoms with Crippen molar-refractivity contribution >= 4 is 23.1 Å². The second-order valence-electron chi connectivity index (χ2n) is 5.17. The molecule has 114 valence electrons. The van der Waals surface area contributed by atoms with Crippen LogP contribution in [-0.2, 0) is 18.7 Å². The monoisotopic (exact) mass is 333 g/mol. The van der Waals surface area contributed by atoms with E-state index in [1.54, 1.807) is 23.1 Å². The Hall–Kier alpha value is -1.67. The summed E-state index contributed by atoms with van der Waals surface area (Å²) in [6, 6.07) is 1.99. The van der Waals surface area contributed by atoms with Gasteiger partial charge in [-0.2, -0.15) is 16.3 Å². The number of hydrogen-bond acceptors (Lipinski definition) is 7. The van der Waals surface area contributed by atoms with Gasteiger partial charge in [-0.05, 0) is 24.3 Å². The molecule has 0 aliphatic carbocycles. The number of hydrogen-bond donors (Lipinski definition) is 0. The van der Waals surface area contributed by atoms with Gasteiger partial charge in [0.15, 0.2) is 5.16 Å². The van der Waals surface area contributed by atoms with E-state index in [0.717, 1.165) is 29.5 Å². The van der Waals surface area contributed by atoms with Gasteiger partial charge >= 0.3 is 0 Å². The zero-order chi connectivity index (χ0) is 14.8. The predicted molar refractivity (Wildman–Crippen MR) is 84.7 cm³/mol. The quantitative estimate of drug-likeness (QED) is 0.682. The molecule has 1 aliphatic rings. The first-order valence-corrected chi connectivity index (χ1v) is 9.23. The number of nitrogens with zero attached hydrogens (tertiary/aromatic N) is 5. The lowest BCUT2D eigenvalue weighted by Crippen LogP contribution is -2.02. The number of aromatic nitrogens is 5. The van der Waals surface area contributed by atoms with Crippen LogP contribution in [0.25, 0.3) is 11.4 Å². The Balaban J connectivity index is 1.46. The topological polar surface area (TPSA) is 69.6 Å². The second-order valence-corrected chi connectivity index (χ2v) is 6.90. The molecule has 0 spiro atoms. The zero-order valence-electron chi connectivity index (χ0n) is 11.9. The molecule has 4 rings (SSSR count). The molecule has 0 saturated carbocycles. The minimum Gasteiger partial charge on any atom is -0.338 e. The molecule has 3 aromatic heterocycles. The van der Waals surface area contributed by atoms with Crippen LogP contribution in [0.15, 0.2) is 26.5 Å². The molecule has 22 heavy (non-hydrogen) atoms. The summed E-state index contributed by atoms with van der Waals surface area (Å²) in [6.45, 7) is 1.01. The fourth-order valence-corrected chi connectivity index (χ4v) is 3.97. The van der Waals surface area contributed by atoms with Gasteiger partial charge in [0, 0.05) is 23.9 Å². The molecule has 0 radical (unpaired) electrons. The minimum absolute atomic E-state index is 0.620. The van der Waals surface area contributed by atoms with Crippen molar-refractivity contribution < 1.29 is 4.52 Å². The number of thiophene rings is 1. The highest BCUT2D eigenvalue weighted by molar-refractivity contribution is 7.98. The van der Waals surface area contributed by atoms with E-state index in [9.17, 15) is 0 Å². The van der Waals surface area contributed by atoms with E-state index in [1.807, 2.05) is 16.8 Å². The van der Waals surface area contributed by atoms with Gasteiger partial charge in [0.25, 0.3) is 0 Å². The molecule has 0 amide bonds. The van der Waals surface area contributed by atoms with Crippen LogP contribution in [0, 0.1) is 0 Å². The maximum absolute atomic E-state index is 5.32. The molecule has 4 heterocycles. The van der Waals surface area contributed by atoms with Crippen molar-refractivity contribution in [2.24, 2.45) is 0 Å². The average Bonchev–Trinajstić information content (AvgIpc) is 3.24. The van der Waals surface area contributed by atoms with Crippen LogP contribution in [0.3, 0.4) is 0 Å². The molecule has 0 atom stereocenters. The summed E-state index contributed by atoms with van der Waals surface area (Å²) in [5.74, 6) is 2.99. The number of rotatable bonds is 4. The maximum atomic E-state index is 5.32. The molecule has 8 heteroatoms. The van der Waals surface area contributed by atoms with Gasteiger partial charge in [-0.1, -0.05) is 23.3 Å². The molecule has 1 aliphatic heterocycles. The van der Waals surface area contributed by atoms with Gasteiger partial charge in [-0.15, -0.1) is 10.2 Å². The van der Waals surface area contributed by atoms with Crippen molar-refractivity contribution in [2.45, 2.75) is 43.1 Å². The lowest BCUT2D eigenvalue weighted by Gasteiger charge is -2.04. The van der Waals surface area contributed by atoms with Crippen LogP contribution in [0.2, 0.25) is 0 Å². The van der Waals surface area contributed by atoms with Crippen LogP contribution < -0.4 is 0 Å². The molecule has 0 unspecified atom stereocenters. The summed E-state index contributed by atoms with van der Waals surface area (Å²) < 4.78 is 7.55. The van der Waals surface area contributed by atoms with Gasteiger partial charge in [0.1, 0.15) is 5.82 Å². The highest BCUT2D eigenvalue weighted by Crippen LogP contribution is 2.25. The van der Waals surface area contributed by atoms with Crippen LogP contribution in [0.5, 0.6) is 0 Å². The molecule has 0 saturated heterocycles. The Labute approximate surface area is 136 Å². The summed E-state index contributed by atoms with van der Waals surface area (Å²) in [5, 5.41) is 17.6. The predicted octanol–water partition coefficient (Wildman–Crippen LogP) is 3.41. The van der Waals surface area contributed by atoms with Crippen molar-refractivity contribution in [1.29, 1.82) is 0 Å². The van der Waals surface area contributed by atoms with E-state index >= 15 is 0 Å². The van der Waals surface area contributed by atoms with E-state index in [0.29, 0.717) is 17.5 Å². The van der Waals surface area contributed by atoms with E-state index in [2.05, 4.69) is 24.9 Å². The highest BCUT2D eigenvalue weighted by atomic mass is 32.2. The van der Waals surface area contributed by atoms with Crippen molar-refractivity contribution in [3.8, 4) is 11.4 Å². The van der Waals surface area contributed by atoms with E-state index in [1.165, 1.54) is 19.3 Å². The van der Waals surface area contributed by atoms with Gasteiger partial charge in [-0.3, -0.25) is 0 Å². The van der Waals surface area contributed by atoms with Crippen molar-refractivity contribution in [2.75, 3.05) is 0 Å². The largest absolute Gasteiger partial charge is 0.338 e. The number of thioether (sulfide) groups is 1. The van der Waals surface area contributed by atoms with Gasteiger partial charge in [0.2, 0.25) is 11.7 Å². The molecule has 3 aromatic rings. The van der Waals surface area contributed by atoms with Gasteiger partial charge < -0.3 is 9.09 Å². The number of fused-ring (bicyclic) bond motifs is 1. The smallest absolute Gasteiger partial charge is 0.237 e. The molecule has 0 N–H and O–H groups in total. The summed E-state index contributed by atoms with van der Waals surface area (Å²) in [7, 11) is 0. The molecule has 0 aromatic carbocycles. The first kappa shape index (κ1) is 14.0. The Morgan fingerprint density at radius 2 is 2.27 bits per heavy atom. The van der Waals surface area contributed by atoms with E-state index < -0.39 is 0 Å². The fourth-order valence-electron chi connectivity index (χ4n) is 2.51. The van der Waals surface area contributed by atoms with Crippen molar-refractivity contribution in [1.82, 2.24) is 24.9 Å². The molecule has 0 bridgehead atoms. The molecule has 6 nitrogen and oxygen atoms in total. The van der Waals surface area contributed by atoms with Gasteiger partial charge in [0.05, 0.1) is 5.75 Å². The Kier molecular flexibility index (Phi) is 3.94. The molecular formula is C14H15N5OS2. The van der Waals surface area contributed by atoms with Crippen LogP contribution >= 0.6 is 23.1 Å². The van der Waals surface area contributed by atoms with Crippen LogP contribution in [-0.4, -0.2) is 24.9 Å². The summed E-state index contributed by atoms with van der Waals surface area (Å²) in [6.07, 6.45) is 4.69. The van der Waals surface area contributed by atoms with Gasteiger partial charge in [-0.25, -0.2) is 0 Å². The Bertz CT molecular complexity index is 749.